The maximum Gasteiger partial charge on any atom is 0.331 e. The first kappa shape index (κ1) is 28.8. The summed E-state index contributed by atoms with van der Waals surface area (Å²) in [6.07, 6.45) is 2.86. The zero-order valence-electron chi connectivity index (χ0n) is 14.5. The van der Waals surface area contributed by atoms with Gasteiger partial charge >= 0.3 is 29.8 Å². The highest BCUT2D eigenvalue weighted by atomic mass is 16.5. The molecule has 12 heteroatoms. The van der Waals surface area contributed by atoms with Crippen molar-refractivity contribution < 1.29 is 59.0 Å². The van der Waals surface area contributed by atoms with Crippen molar-refractivity contribution >= 4 is 36.3 Å². The normalized spacial score (nSPS) is 9.04. The molecule has 0 bridgehead atoms. The lowest BCUT2D eigenvalue weighted by atomic mass is 10.1. The molecular weight excluding hydrogens is 384 g/mol. The Morgan fingerprint density at radius 2 is 1.43 bits per heavy atom. The van der Waals surface area contributed by atoms with E-state index in [1.54, 1.807) is 0 Å². The Hall–Kier alpha value is -3.96. The Bertz CT molecular complexity index is 603. The van der Waals surface area contributed by atoms with E-state index in [1.165, 1.54) is 12.2 Å². The number of carbonyl (C=O) groups excluding carboxylic acids is 1. The van der Waals surface area contributed by atoms with E-state index in [1.807, 2.05) is 0 Å². The first-order valence-corrected chi connectivity index (χ1v) is 7.05. The summed E-state index contributed by atoms with van der Waals surface area (Å²) in [5.41, 5.74) is -0.303. The van der Waals surface area contributed by atoms with Gasteiger partial charge in [-0.05, 0) is 12.5 Å². The molecule has 0 aliphatic rings. The van der Waals surface area contributed by atoms with E-state index in [4.69, 9.17) is 25.5 Å². The quantitative estimate of drug-likeness (QED) is 0.105. The predicted molar refractivity (Wildman–Crippen MR) is 91.1 cm³/mol. The third kappa shape index (κ3) is 22.0. The summed E-state index contributed by atoms with van der Waals surface area (Å²) >= 11 is 0. The van der Waals surface area contributed by atoms with E-state index >= 15 is 0 Å². The van der Waals surface area contributed by atoms with Crippen molar-refractivity contribution in [2.75, 3.05) is 0 Å². The number of hydrogen-bond acceptors (Lipinski definition) is 7. The minimum absolute atomic E-state index is 0.0370. The fraction of sp³-hybridized carbons (Fsp3) is 0.250. The molecule has 0 aliphatic carbocycles. The van der Waals surface area contributed by atoms with Crippen LogP contribution in [0.1, 0.15) is 19.3 Å². The van der Waals surface area contributed by atoms with Crippen LogP contribution in [0.25, 0.3) is 0 Å². The minimum Gasteiger partial charge on any atom is -0.481 e. The van der Waals surface area contributed by atoms with Crippen molar-refractivity contribution in [3.05, 3.63) is 37.1 Å². The zero-order valence-corrected chi connectivity index (χ0v) is 14.5. The third-order valence-electron chi connectivity index (χ3n) is 2.19. The van der Waals surface area contributed by atoms with Gasteiger partial charge in [0, 0.05) is 5.57 Å². The van der Waals surface area contributed by atoms with E-state index < -0.39 is 42.2 Å². The van der Waals surface area contributed by atoms with Gasteiger partial charge in [0.15, 0.2) is 5.92 Å². The molecule has 5 N–H and O–H groups in total. The van der Waals surface area contributed by atoms with E-state index in [0.29, 0.717) is 0 Å². The van der Waals surface area contributed by atoms with Gasteiger partial charge in [-0.15, -0.1) is 6.58 Å². The topological polar surface area (TPSA) is 213 Å². The summed E-state index contributed by atoms with van der Waals surface area (Å²) in [5, 5.41) is 40.6. The van der Waals surface area contributed by atoms with Gasteiger partial charge < -0.3 is 30.3 Å². The highest BCUT2D eigenvalue weighted by Gasteiger charge is 2.23. The summed E-state index contributed by atoms with van der Waals surface area (Å²) in [6, 6.07) is 0. The van der Waals surface area contributed by atoms with Crippen molar-refractivity contribution in [2.45, 2.75) is 19.3 Å². The molecule has 0 aromatic heterocycles. The average molecular weight is 404 g/mol. The second-order valence-corrected chi connectivity index (χ2v) is 4.43. The number of rotatable bonds is 11. The van der Waals surface area contributed by atoms with Crippen molar-refractivity contribution in [2.24, 2.45) is 5.92 Å². The number of allylic oxidation sites excluding steroid dienone is 1. The number of carboxylic acids is 5. The molecular formula is C16H20O12. The summed E-state index contributed by atoms with van der Waals surface area (Å²) in [5.74, 6) is -7.40. The van der Waals surface area contributed by atoms with Gasteiger partial charge in [-0.3, -0.25) is 24.0 Å². The number of carbonyl (C=O) groups is 6. The Labute approximate surface area is 158 Å². The van der Waals surface area contributed by atoms with Crippen LogP contribution in [0.5, 0.6) is 0 Å². The zero-order chi connectivity index (χ0) is 22.7. The van der Waals surface area contributed by atoms with Gasteiger partial charge in [0.1, 0.15) is 0 Å². The third-order valence-corrected chi connectivity index (χ3v) is 2.19. The molecule has 156 valence electrons. The summed E-state index contributed by atoms with van der Waals surface area (Å²) < 4.78 is 4.06. The first-order chi connectivity index (χ1) is 12.9. The van der Waals surface area contributed by atoms with Gasteiger partial charge in [-0.25, -0.2) is 4.79 Å². The van der Waals surface area contributed by atoms with Crippen molar-refractivity contribution in [3.8, 4) is 0 Å². The van der Waals surface area contributed by atoms with Crippen LogP contribution >= 0.6 is 0 Å². The molecule has 0 heterocycles. The maximum absolute atomic E-state index is 10.1. The fourth-order valence-corrected chi connectivity index (χ4v) is 0.969. The molecule has 28 heavy (non-hydrogen) atoms. The van der Waals surface area contributed by atoms with Crippen molar-refractivity contribution in [1.29, 1.82) is 0 Å². The fourth-order valence-electron chi connectivity index (χ4n) is 0.969. The first-order valence-electron chi connectivity index (χ1n) is 7.05. The van der Waals surface area contributed by atoms with Crippen molar-refractivity contribution in [3.63, 3.8) is 0 Å². The van der Waals surface area contributed by atoms with Crippen LogP contribution in [0, 0.1) is 5.92 Å². The minimum atomic E-state index is -1.35. The lowest BCUT2D eigenvalue weighted by Crippen LogP contribution is -2.22. The van der Waals surface area contributed by atoms with E-state index in [-0.39, 0.29) is 24.9 Å². The molecule has 0 unspecified atom stereocenters. The van der Waals surface area contributed by atoms with Crippen LogP contribution in [0.4, 0.5) is 0 Å². The second kappa shape index (κ2) is 17.8. The lowest BCUT2D eigenvalue weighted by molar-refractivity contribution is -0.154. The average Bonchev–Trinajstić information content (AvgIpc) is 2.56. The Morgan fingerprint density at radius 1 is 0.929 bits per heavy atom. The van der Waals surface area contributed by atoms with Gasteiger partial charge in [-0.1, -0.05) is 12.7 Å². The van der Waals surface area contributed by atoms with Gasteiger partial charge in [0.2, 0.25) is 0 Å². The monoisotopic (exact) mass is 404 g/mol. The van der Waals surface area contributed by atoms with Crippen LogP contribution in [0.2, 0.25) is 0 Å². The summed E-state index contributed by atoms with van der Waals surface area (Å²) in [7, 11) is 0. The molecule has 0 fully saturated rings. The molecule has 0 radical (unpaired) electrons. The van der Waals surface area contributed by atoms with Gasteiger partial charge in [-0.2, -0.15) is 0 Å². The van der Waals surface area contributed by atoms with E-state index in [0.717, 1.165) is 6.26 Å². The molecule has 0 atom stereocenters. The van der Waals surface area contributed by atoms with Crippen molar-refractivity contribution in [1.82, 2.24) is 0 Å². The molecule has 0 aliphatic heterocycles. The number of ether oxygens (including phenoxy) is 1. The number of hydrogen-bond donors (Lipinski definition) is 5. The molecule has 0 rings (SSSR count). The Balaban J connectivity index is -0.000000336. The molecule has 0 aromatic rings. The molecule has 0 aromatic carbocycles. The Morgan fingerprint density at radius 3 is 1.64 bits per heavy atom. The SMILES string of the molecule is C=C(CC(=O)O)C(=O)O.C=CCC(C(=O)O)C(=O)O.O=COC=CCC(=O)O. The molecule has 0 saturated heterocycles. The number of carboxylic acid groups (broad SMARTS) is 5. The van der Waals surface area contributed by atoms with Gasteiger partial charge in [0.05, 0.1) is 19.1 Å². The standard InChI is InChI=1S/C6H8O4.2C5H6O4/c1-2-3-4(5(7)8)6(9)10;1-3(5(8)9)2-4(6)7;6-4-9-3-1-2-5(7)8/h2,4H,1,3H2,(H,7,8)(H,9,10);1-2H2,(H,6,7)(H,8,9);1,3-4H,2H2,(H,7,8). The lowest BCUT2D eigenvalue weighted by Gasteiger charge is -2.01. The van der Waals surface area contributed by atoms with Crippen LogP contribution in [0.15, 0.2) is 37.1 Å². The second-order valence-electron chi connectivity index (χ2n) is 4.43. The molecule has 12 nitrogen and oxygen atoms in total. The highest BCUT2D eigenvalue weighted by molar-refractivity contribution is 5.93. The summed E-state index contributed by atoms with van der Waals surface area (Å²) in [4.78, 5) is 59.1. The largest absolute Gasteiger partial charge is 0.481 e. The highest BCUT2D eigenvalue weighted by Crippen LogP contribution is 2.03. The molecule has 0 spiro atoms. The maximum atomic E-state index is 10.1. The van der Waals surface area contributed by atoms with E-state index in [9.17, 15) is 28.8 Å². The molecule has 0 saturated carbocycles. The smallest absolute Gasteiger partial charge is 0.331 e. The number of aliphatic carboxylic acids is 5. The Kier molecular flexibility index (Phi) is 18.4. The van der Waals surface area contributed by atoms with Crippen LogP contribution in [0.3, 0.4) is 0 Å². The van der Waals surface area contributed by atoms with Crippen LogP contribution in [-0.4, -0.2) is 61.9 Å². The van der Waals surface area contributed by atoms with E-state index in [2.05, 4.69) is 17.9 Å². The van der Waals surface area contributed by atoms with Crippen LogP contribution < -0.4 is 0 Å². The predicted octanol–water partition coefficient (Wildman–Crippen LogP) is 0.598. The van der Waals surface area contributed by atoms with Gasteiger partial charge in [0.25, 0.3) is 6.47 Å². The molecule has 0 amide bonds. The van der Waals surface area contributed by atoms with Crippen LogP contribution in [-0.2, 0) is 33.5 Å². The summed E-state index contributed by atoms with van der Waals surface area (Å²) in [6.45, 7) is 6.47.